The van der Waals surface area contributed by atoms with Gasteiger partial charge in [-0.2, -0.15) is 0 Å². The van der Waals surface area contributed by atoms with Crippen molar-refractivity contribution in [2.45, 2.75) is 19.6 Å². The number of hydrogen-bond donors (Lipinski definition) is 4. The minimum atomic E-state index is -4.75. The highest BCUT2D eigenvalue weighted by atomic mass is 32.2. The molecule has 14 heteroatoms. The molecule has 0 fully saturated rings. The van der Waals surface area contributed by atoms with E-state index in [9.17, 15) is 46.2 Å². The molecule has 0 aliphatic heterocycles. The van der Waals surface area contributed by atoms with Gasteiger partial charge in [0.25, 0.3) is 0 Å². The van der Waals surface area contributed by atoms with Gasteiger partial charge in [0, 0.05) is 0 Å². The minimum absolute atomic E-state index is 0.578. The quantitative estimate of drug-likeness (QED) is 0.327. The molecule has 0 atom stereocenters. The number of carbonyl (C=O) groups is 4. The summed E-state index contributed by atoms with van der Waals surface area (Å²) in [5, 5.41) is 36.9. The first kappa shape index (κ1) is 26.1. The fourth-order valence-corrected chi connectivity index (χ4v) is 6.64. The molecule has 3 aromatic carbocycles. The number of hydrogen-bond acceptors (Lipinski definition) is 8. The molecule has 0 saturated carbocycles. The molecular formula is C22H14O12S2. The average molecular weight is 534 g/mol. The first-order valence-electron chi connectivity index (χ1n) is 9.50. The molecule has 36 heavy (non-hydrogen) atoms. The molecule has 4 N–H and O–H groups in total. The lowest BCUT2D eigenvalue weighted by Gasteiger charge is -2.13. The fourth-order valence-electron chi connectivity index (χ4n) is 3.26. The van der Waals surface area contributed by atoms with Crippen LogP contribution in [-0.2, 0) is 19.7 Å². The Kier molecular flexibility index (Phi) is 6.69. The maximum absolute atomic E-state index is 13.3. The molecule has 0 aromatic heterocycles. The third kappa shape index (κ3) is 4.54. The number of carboxylic acid groups (broad SMARTS) is 4. The smallest absolute Gasteiger partial charge is 0.336 e. The second-order valence-corrected chi connectivity index (χ2v) is 10.9. The number of sulfone groups is 2. The van der Waals surface area contributed by atoms with Gasteiger partial charge in [0.2, 0.25) is 19.7 Å². The number of aromatic carboxylic acids is 4. The number of benzene rings is 3. The van der Waals surface area contributed by atoms with E-state index in [4.69, 9.17) is 10.2 Å². The standard InChI is InChI=1S/C22H14O12S2/c23-19(24)13-7-5-11(9-15(13)21(27)28)35(31,32)17-3-1-2-4-18(17)36(33,34)12-6-8-14(20(25)26)16(10-12)22(29)30/h1-10H,(H,23,24)(H,25,26)(H,27,28)(H,29,30). The van der Waals surface area contributed by atoms with Crippen molar-refractivity contribution in [1.82, 2.24) is 0 Å². The molecule has 0 amide bonds. The average Bonchev–Trinajstić information content (AvgIpc) is 2.82. The summed E-state index contributed by atoms with van der Waals surface area (Å²) < 4.78 is 53.3. The van der Waals surface area contributed by atoms with Crippen molar-refractivity contribution in [3.8, 4) is 0 Å². The number of carboxylic acids is 4. The van der Waals surface area contributed by atoms with Gasteiger partial charge in [-0.25, -0.2) is 36.0 Å². The summed E-state index contributed by atoms with van der Waals surface area (Å²) in [6, 6.07) is 8.47. The van der Waals surface area contributed by atoms with Crippen LogP contribution in [0.2, 0.25) is 0 Å². The van der Waals surface area contributed by atoms with Crippen LogP contribution < -0.4 is 0 Å². The Morgan fingerprint density at radius 3 is 1.06 bits per heavy atom. The molecule has 0 aliphatic rings. The van der Waals surface area contributed by atoms with Gasteiger partial charge < -0.3 is 20.4 Å². The van der Waals surface area contributed by atoms with Crippen molar-refractivity contribution < 1.29 is 56.4 Å². The molecule has 12 nitrogen and oxygen atoms in total. The molecule has 0 heterocycles. The minimum Gasteiger partial charge on any atom is -0.478 e. The van der Waals surface area contributed by atoms with Gasteiger partial charge in [0.1, 0.15) is 0 Å². The number of rotatable bonds is 8. The molecule has 0 bridgehead atoms. The summed E-state index contributed by atoms with van der Waals surface area (Å²) in [4.78, 5) is 42.5. The van der Waals surface area contributed by atoms with E-state index in [1.165, 1.54) is 12.1 Å². The van der Waals surface area contributed by atoms with Crippen LogP contribution in [0.1, 0.15) is 41.4 Å². The zero-order chi connectivity index (χ0) is 27.0. The maximum atomic E-state index is 13.3. The van der Waals surface area contributed by atoms with E-state index >= 15 is 0 Å². The SMILES string of the molecule is O=C(O)c1ccc(S(=O)(=O)c2ccccc2S(=O)(=O)c2ccc(C(=O)O)c(C(=O)O)c2)cc1C(=O)O. The van der Waals surface area contributed by atoms with Gasteiger partial charge in [0.15, 0.2) is 0 Å². The highest BCUT2D eigenvalue weighted by Gasteiger charge is 2.31. The van der Waals surface area contributed by atoms with Crippen LogP contribution in [0, 0.1) is 0 Å². The van der Waals surface area contributed by atoms with Gasteiger partial charge in [-0.15, -0.1) is 0 Å². The van der Waals surface area contributed by atoms with E-state index < -0.39 is 85.4 Å². The van der Waals surface area contributed by atoms with Crippen LogP contribution in [0.25, 0.3) is 0 Å². The second kappa shape index (κ2) is 9.24. The summed E-state index contributed by atoms with van der Waals surface area (Å²) in [7, 11) is -9.51. The van der Waals surface area contributed by atoms with Gasteiger partial charge in [-0.1, -0.05) is 12.1 Å². The molecule has 0 radical (unpaired) electrons. The third-order valence-corrected chi connectivity index (χ3v) is 8.70. The lowest BCUT2D eigenvalue weighted by molar-refractivity contribution is 0.0651. The zero-order valence-corrected chi connectivity index (χ0v) is 19.3. The molecular weight excluding hydrogens is 520 g/mol. The van der Waals surface area contributed by atoms with Crippen LogP contribution in [0.4, 0.5) is 0 Å². The fraction of sp³-hybridized carbons (Fsp3) is 0. The largest absolute Gasteiger partial charge is 0.478 e. The Morgan fingerprint density at radius 2 is 0.778 bits per heavy atom. The van der Waals surface area contributed by atoms with Crippen LogP contribution in [-0.4, -0.2) is 61.1 Å². The van der Waals surface area contributed by atoms with E-state index in [1.54, 1.807) is 0 Å². The molecule has 0 saturated heterocycles. The van der Waals surface area contributed by atoms with Crippen LogP contribution >= 0.6 is 0 Å². The van der Waals surface area contributed by atoms with Crippen molar-refractivity contribution in [1.29, 1.82) is 0 Å². The highest BCUT2D eigenvalue weighted by molar-refractivity contribution is 7.94. The van der Waals surface area contributed by atoms with Crippen LogP contribution in [0.15, 0.2) is 80.2 Å². The van der Waals surface area contributed by atoms with Crippen LogP contribution in [0.3, 0.4) is 0 Å². The Balaban J connectivity index is 2.25. The summed E-state index contributed by atoms with van der Waals surface area (Å²) >= 11 is 0. The molecule has 0 unspecified atom stereocenters. The molecule has 0 aliphatic carbocycles. The van der Waals surface area contributed by atoms with Crippen molar-refractivity contribution in [3.05, 3.63) is 82.9 Å². The van der Waals surface area contributed by atoms with Crippen molar-refractivity contribution in [2.24, 2.45) is 0 Å². The Hall–Kier alpha value is -4.56. The first-order valence-corrected chi connectivity index (χ1v) is 12.5. The molecule has 186 valence electrons. The highest BCUT2D eigenvalue weighted by Crippen LogP contribution is 2.32. The summed E-state index contributed by atoms with van der Waals surface area (Å²) in [6.45, 7) is 0. The summed E-state index contributed by atoms with van der Waals surface area (Å²) in [5.41, 5.74) is -3.08. The maximum Gasteiger partial charge on any atom is 0.336 e. The third-order valence-electron chi connectivity index (χ3n) is 4.95. The van der Waals surface area contributed by atoms with E-state index in [0.717, 1.165) is 36.4 Å². The van der Waals surface area contributed by atoms with E-state index in [-0.39, 0.29) is 0 Å². The predicted octanol–water partition coefficient (Wildman–Crippen LogP) is 2.15. The topological polar surface area (TPSA) is 217 Å². The van der Waals surface area contributed by atoms with E-state index in [1.807, 2.05) is 0 Å². The monoisotopic (exact) mass is 534 g/mol. The molecule has 3 aromatic rings. The van der Waals surface area contributed by atoms with Crippen molar-refractivity contribution in [3.63, 3.8) is 0 Å². The molecule has 0 spiro atoms. The van der Waals surface area contributed by atoms with E-state index in [0.29, 0.717) is 12.1 Å². The Morgan fingerprint density at radius 1 is 0.472 bits per heavy atom. The summed E-state index contributed by atoms with van der Waals surface area (Å²) in [6.07, 6.45) is 0. The lowest BCUT2D eigenvalue weighted by Crippen LogP contribution is -2.14. The lowest BCUT2D eigenvalue weighted by atomic mass is 10.1. The van der Waals surface area contributed by atoms with Gasteiger partial charge in [0.05, 0.1) is 41.8 Å². The first-order chi connectivity index (χ1) is 16.7. The van der Waals surface area contributed by atoms with Crippen LogP contribution in [0.5, 0.6) is 0 Å². The second-order valence-electron chi connectivity index (χ2n) is 7.09. The zero-order valence-electron chi connectivity index (χ0n) is 17.6. The Bertz CT molecular complexity index is 1540. The predicted molar refractivity (Wildman–Crippen MR) is 118 cm³/mol. The normalized spacial score (nSPS) is 11.6. The van der Waals surface area contributed by atoms with Crippen molar-refractivity contribution in [2.75, 3.05) is 0 Å². The van der Waals surface area contributed by atoms with Gasteiger partial charge in [-0.05, 0) is 48.5 Å². The van der Waals surface area contributed by atoms with Gasteiger partial charge in [-0.3, -0.25) is 0 Å². The van der Waals surface area contributed by atoms with E-state index in [2.05, 4.69) is 0 Å². The Labute approximate surface area is 202 Å². The molecule has 3 rings (SSSR count). The van der Waals surface area contributed by atoms with Gasteiger partial charge >= 0.3 is 23.9 Å². The summed E-state index contributed by atoms with van der Waals surface area (Å²) in [5.74, 6) is -6.72. The van der Waals surface area contributed by atoms with Crippen molar-refractivity contribution >= 4 is 43.6 Å².